The average Bonchev–Trinajstić information content (AvgIpc) is 3.35. The first-order chi connectivity index (χ1) is 15.5. The minimum absolute atomic E-state index is 0.110. The number of nitrogens with zero attached hydrogens (tertiary/aromatic N) is 6. The van der Waals surface area contributed by atoms with Gasteiger partial charge in [-0.25, -0.2) is 9.37 Å². The second kappa shape index (κ2) is 8.19. The minimum Gasteiger partial charge on any atom is -0.378 e. The van der Waals surface area contributed by atoms with Gasteiger partial charge in [0.05, 0.1) is 25.1 Å². The van der Waals surface area contributed by atoms with Crippen LogP contribution in [0.1, 0.15) is 35.5 Å². The van der Waals surface area contributed by atoms with E-state index in [1.54, 1.807) is 6.07 Å². The zero-order valence-electron chi connectivity index (χ0n) is 18.3. The fraction of sp³-hybridized carbons (Fsp3) is 0.364. The quantitative estimate of drug-likeness (QED) is 0.495. The zero-order chi connectivity index (χ0) is 22.2. The summed E-state index contributed by atoms with van der Waals surface area (Å²) >= 11 is 0. The van der Waals surface area contributed by atoms with Crippen molar-refractivity contribution in [1.82, 2.24) is 29.8 Å². The Labute approximate surface area is 184 Å². The van der Waals surface area contributed by atoms with Crippen LogP contribution in [0.2, 0.25) is 0 Å². The molecule has 1 aliphatic rings. The van der Waals surface area contributed by atoms with E-state index in [-0.39, 0.29) is 11.7 Å². The molecule has 0 bridgehead atoms. The predicted octanol–water partition coefficient (Wildman–Crippen LogP) is 3.34. The van der Waals surface area contributed by atoms with Gasteiger partial charge in [0, 0.05) is 48.1 Å². The van der Waals surface area contributed by atoms with E-state index in [1.807, 2.05) is 37.4 Å². The maximum Gasteiger partial charge on any atom is 0.163 e. The Hall–Kier alpha value is -3.53. The fourth-order valence-electron chi connectivity index (χ4n) is 4.12. The summed E-state index contributed by atoms with van der Waals surface area (Å²) in [5.41, 5.74) is 4.28. The van der Waals surface area contributed by atoms with E-state index in [0.717, 1.165) is 47.2 Å². The van der Waals surface area contributed by atoms with E-state index in [0.29, 0.717) is 24.8 Å². The smallest absolute Gasteiger partial charge is 0.163 e. The van der Waals surface area contributed by atoms with E-state index in [9.17, 15) is 4.39 Å². The van der Waals surface area contributed by atoms with Crippen LogP contribution in [-0.2, 0) is 4.74 Å². The van der Waals surface area contributed by atoms with E-state index in [4.69, 9.17) is 14.8 Å². The Bertz CT molecular complexity index is 1240. The number of fused-ring (bicyclic) bond motifs is 1. The Morgan fingerprint density at radius 3 is 2.66 bits per heavy atom. The highest BCUT2D eigenvalue weighted by Crippen LogP contribution is 2.32. The number of morpholine rings is 1. The first kappa shape index (κ1) is 20.4. The molecule has 166 valence electrons. The highest BCUT2D eigenvalue weighted by atomic mass is 19.1. The van der Waals surface area contributed by atoms with Gasteiger partial charge in [-0.15, -0.1) is 0 Å². The van der Waals surface area contributed by atoms with Gasteiger partial charge in [-0.2, -0.15) is 14.7 Å². The second-order valence-electron chi connectivity index (χ2n) is 8.02. The molecule has 0 radical (unpaired) electrons. The largest absolute Gasteiger partial charge is 0.378 e. The number of hydrogen-bond donors (Lipinski definition) is 2. The van der Waals surface area contributed by atoms with Crippen LogP contribution < -0.4 is 10.2 Å². The van der Waals surface area contributed by atoms with E-state index < -0.39 is 0 Å². The van der Waals surface area contributed by atoms with Gasteiger partial charge < -0.3 is 15.0 Å². The van der Waals surface area contributed by atoms with Gasteiger partial charge in [0.15, 0.2) is 11.5 Å². The number of nitrogens with one attached hydrogen (secondary N) is 2. The number of aromatic nitrogens is 6. The van der Waals surface area contributed by atoms with E-state index in [1.165, 1.54) is 12.3 Å². The lowest BCUT2D eigenvalue weighted by Crippen LogP contribution is -2.37. The van der Waals surface area contributed by atoms with Gasteiger partial charge in [-0.3, -0.25) is 10.1 Å². The Morgan fingerprint density at radius 1 is 1.16 bits per heavy atom. The molecule has 1 fully saturated rings. The van der Waals surface area contributed by atoms with Crippen molar-refractivity contribution in [3.8, 4) is 0 Å². The van der Waals surface area contributed by atoms with Crippen LogP contribution in [0, 0.1) is 19.7 Å². The van der Waals surface area contributed by atoms with Crippen molar-refractivity contribution in [3.63, 3.8) is 0 Å². The first-order valence-electron chi connectivity index (χ1n) is 10.6. The fourth-order valence-corrected chi connectivity index (χ4v) is 4.12. The summed E-state index contributed by atoms with van der Waals surface area (Å²) in [6, 6.07) is 7.05. The van der Waals surface area contributed by atoms with Crippen LogP contribution in [-0.4, -0.2) is 56.1 Å². The van der Waals surface area contributed by atoms with Crippen molar-refractivity contribution in [2.24, 2.45) is 0 Å². The summed E-state index contributed by atoms with van der Waals surface area (Å²) in [5, 5.41) is 15.3. The molecule has 32 heavy (non-hydrogen) atoms. The number of pyridine rings is 1. The molecule has 0 saturated carbocycles. The van der Waals surface area contributed by atoms with Crippen LogP contribution >= 0.6 is 0 Å². The third-order valence-electron chi connectivity index (χ3n) is 5.71. The molecule has 4 aromatic heterocycles. The zero-order valence-corrected chi connectivity index (χ0v) is 18.3. The molecule has 4 aromatic rings. The van der Waals surface area contributed by atoms with Crippen molar-refractivity contribution in [3.05, 3.63) is 58.9 Å². The lowest BCUT2D eigenvalue weighted by Gasteiger charge is -2.29. The molecule has 10 heteroatoms. The number of rotatable bonds is 5. The Morgan fingerprint density at radius 2 is 1.97 bits per heavy atom. The van der Waals surface area contributed by atoms with Crippen molar-refractivity contribution in [2.75, 3.05) is 36.5 Å². The highest BCUT2D eigenvalue weighted by molar-refractivity contribution is 5.66. The van der Waals surface area contributed by atoms with Crippen molar-refractivity contribution in [2.45, 2.75) is 26.7 Å². The third kappa shape index (κ3) is 3.77. The van der Waals surface area contributed by atoms with E-state index in [2.05, 4.69) is 25.4 Å². The monoisotopic (exact) mass is 436 g/mol. The van der Waals surface area contributed by atoms with Crippen LogP contribution in [0.4, 0.5) is 21.8 Å². The normalized spacial score (nSPS) is 15.3. The van der Waals surface area contributed by atoms with Gasteiger partial charge in [0.2, 0.25) is 0 Å². The van der Waals surface area contributed by atoms with Gasteiger partial charge in [0.25, 0.3) is 0 Å². The predicted molar refractivity (Wildman–Crippen MR) is 119 cm³/mol. The van der Waals surface area contributed by atoms with Crippen molar-refractivity contribution < 1.29 is 9.13 Å². The highest BCUT2D eigenvalue weighted by Gasteiger charge is 2.24. The summed E-state index contributed by atoms with van der Waals surface area (Å²) in [6.45, 7) is 8.81. The molecule has 2 N–H and O–H groups in total. The summed E-state index contributed by atoms with van der Waals surface area (Å²) < 4.78 is 20.8. The molecule has 9 nitrogen and oxygen atoms in total. The minimum atomic E-state index is -0.356. The number of anilines is 3. The summed E-state index contributed by atoms with van der Waals surface area (Å²) in [7, 11) is 0. The Kier molecular flexibility index (Phi) is 5.22. The van der Waals surface area contributed by atoms with Crippen LogP contribution in [0.15, 0.2) is 30.5 Å². The van der Waals surface area contributed by atoms with E-state index >= 15 is 0 Å². The van der Waals surface area contributed by atoms with Gasteiger partial charge in [-0.1, -0.05) is 6.92 Å². The van der Waals surface area contributed by atoms with Crippen molar-refractivity contribution in [1.29, 1.82) is 0 Å². The third-order valence-corrected chi connectivity index (χ3v) is 5.71. The van der Waals surface area contributed by atoms with Gasteiger partial charge >= 0.3 is 0 Å². The van der Waals surface area contributed by atoms with Gasteiger partial charge in [-0.05, 0) is 26.0 Å². The van der Waals surface area contributed by atoms with Crippen LogP contribution in [0.25, 0.3) is 5.65 Å². The number of H-pyrrole nitrogens is 1. The lowest BCUT2D eigenvalue weighted by atomic mass is 9.97. The molecule has 0 aliphatic carbocycles. The van der Waals surface area contributed by atoms with Crippen LogP contribution in [0.5, 0.6) is 0 Å². The Balaban J connectivity index is 1.64. The average molecular weight is 436 g/mol. The molecular formula is C22H25FN8O. The maximum absolute atomic E-state index is 13.4. The number of aryl methyl sites for hydroxylation is 2. The molecular weight excluding hydrogens is 411 g/mol. The molecule has 0 amide bonds. The topological polar surface area (TPSA) is 96.3 Å². The number of ether oxygens (including phenoxy) is 1. The lowest BCUT2D eigenvalue weighted by molar-refractivity contribution is 0.122. The first-order valence-corrected chi connectivity index (χ1v) is 10.6. The summed E-state index contributed by atoms with van der Waals surface area (Å²) in [6.07, 6.45) is 1.24. The van der Waals surface area contributed by atoms with Crippen LogP contribution in [0.3, 0.4) is 0 Å². The molecule has 5 rings (SSSR count). The maximum atomic E-state index is 13.4. The molecule has 0 aromatic carbocycles. The molecule has 0 spiro atoms. The summed E-state index contributed by atoms with van der Waals surface area (Å²) in [4.78, 5) is 11.4. The molecule has 1 atom stereocenters. The van der Waals surface area contributed by atoms with Crippen molar-refractivity contribution >= 4 is 23.1 Å². The molecule has 5 heterocycles. The number of hydrogen-bond acceptors (Lipinski definition) is 7. The van der Waals surface area contributed by atoms with Gasteiger partial charge in [0.1, 0.15) is 17.5 Å². The number of aromatic amines is 1. The standard InChI is InChI=1S/C22H25FN8O/c1-13-10-19(28-27-13)25-18-11-20(30-6-8-32-9-7-30)31-22(26-18)21(15(3)29-31)14(2)17-5-4-16(23)12-24-17/h4-5,10-12,14H,6-9H2,1-3H3,(H2,25,26,27,28)/t14-/m1/s1. The summed E-state index contributed by atoms with van der Waals surface area (Å²) in [5.74, 6) is 1.83. The number of halogens is 1. The second-order valence-corrected chi connectivity index (χ2v) is 8.02. The molecule has 1 saturated heterocycles. The molecule has 0 unspecified atom stereocenters. The SMILES string of the molecule is Cc1cc(Nc2cc(N3CCOCC3)n3nc(C)c([C@H](C)c4ccc(F)cn4)c3n2)n[nH]1. The molecule has 1 aliphatic heterocycles.